The summed E-state index contributed by atoms with van der Waals surface area (Å²) in [6, 6.07) is 11.2. The van der Waals surface area contributed by atoms with E-state index >= 15 is 0 Å². The van der Waals surface area contributed by atoms with Crippen molar-refractivity contribution in [3.05, 3.63) is 64.7 Å². The van der Waals surface area contributed by atoms with Crippen molar-refractivity contribution in [1.82, 2.24) is 0 Å². The second kappa shape index (κ2) is 7.02. The van der Waals surface area contributed by atoms with Crippen molar-refractivity contribution in [3.8, 4) is 0 Å². The lowest BCUT2D eigenvalue weighted by Crippen LogP contribution is -2.83. The molecule has 0 aliphatic rings. The number of alkyl halides is 3. The maximum absolute atomic E-state index is 12.8. The van der Waals surface area contributed by atoms with Gasteiger partial charge in [-0.05, 0) is 18.2 Å². The third kappa shape index (κ3) is 4.24. The highest BCUT2D eigenvalue weighted by Crippen LogP contribution is 2.34. The zero-order chi connectivity index (χ0) is 17.0. The summed E-state index contributed by atoms with van der Waals surface area (Å²) in [6.45, 7) is 0. The average Bonchev–Trinajstić information content (AvgIpc) is 2.50. The summed E-state index contributed by atoms with van der Waals surface area (Å²) in [4.78, 5) is 12.4. The Balaban J connectivity index is 2.26. The maximum atomic E-state index is 12.8. The number of quaternary nitrogens is 1. The van der Waals surface area contributed by atoms with Gasteiger partial charge in [0.15, 0.2) is 6.04 Å². The Bertz CT molecular complexity index is 689. The molecule has 1 atom stereocenters. The van der Waals surface area contributed by atoms with Crippen LogP contribution in [0.3, 0.4) is 0 Å². The average molecular weight is 344 g/mol. The second-order valence-electron chi connectivity index (χ2n) is 4.90. The van der Waals surface area contributed by atoms with E-state index in [0.29, 0.717) is 0 Å². The molecule has 0 fully saturated rings. The minimum Gasteiger partial charge on any atom is -0.335 e. The molecule has 1 amide bonds. The van der Waals surface area contributed by atoms with Crippen LogP contribution < -0.4 is 10.6 Å². The molecule has 0 spiro atoms. The van der Waals surface area contributed by atoms with Crippen molar-refractivity contribution in [2.24, 2.45) is 0 Å². The predicted octanol–water partition coefficient (Wildman–Crippen LogP) is 3.23. The van der Waals surface area contributed by atoms with Crippen molar-refractivity contribution in [2.45, 2.75) is 12.2 Å². The van der Waals surface area contributed by atoms with Crippen LogP contribution in [-0.4, -0.2) is 13.0 Å². The number of rotatable bonds is 4. The standard InChI is InChI=1S/C16H14ClF3N2O/c1-21-14(10-5-3-2-4-6-10)15(23)22-13-9-11(16(18,19)20)7-8-12(13)17/h2-9,14,21H,1H3,(H,22,23)/p+1/t14-/m0/s1. The lowest BCUT2D eigenvalue weighted by Gasteiger charge is -2.15. The Labute approximate surface area is 136 Å². The van der Waals surface area contributed by atoms with Gasteiger partial charge in [-0.3, -0.25) is 4.79 Å². The van der Waals surface area contributed by atoms with Gasteiger partial charge in [0.05, 0.1) is 23.3 Å². The van der Waals surface area contributed by atoms with E-state index in [1.807, 2.05) is 6.07 Å². The topological polar surface area (TPSA) is 45.7 Å². The molecular formula is C16H15ClF3N2O+. The first-order chi connectivity index (χ1) is 10.8. The van der Waals surface area contributed by atoms with Crippen molar-refractivity contribution in [3.63, 3.8) is 0 Å². The van der Waals surface area contributed by atoms with Gasteiger partial charge in [0.25, 0.3) is 5.91 Å². The summed E-state index contributed by atoms with van der Waals surface area (Å²) in [5, 5.41) is 4.19. The highest BCUT2D eigenvalue weighted by atomic mass is 35.5. The Hall–Kier alpha value is -2.05. The third-order valence-corrected chi connectivity index (χ3v) is 3.66. The monoisotopic (exact) mass is 343 g/mol. The molecule has 122 valence electrons. The number of carbonyl (C=O) groups is 1. The largest absolute Gasteiger partial charge is 0.416 e. The fraction of sp³-hybridized carbons (Fsp3) is 0.188. The lowest BCUT2D eigenvalue weighted by atomic mass is 10.1. The number of likely N-dealkylation sites (N-methyl/N-ethyl adjacent to an activating group) is 1. The van der Waals surface area contributed by atoms with Crippen LogP contribution in [0.5, 0.6) is 0 Å². The van der Waals surface area contributed by atoms with Gasteiger partial charge in [0, 0.05) is 5.56 Å². The van der Waals surface area contributed by atoms with Crippen molar-refractivity contribution in [1.29, 1.82) is 0 Å². The van der Waals surface area contributed by atoms with E-state index in [-0.39, 0.29) is 10.7 Å². The van der Waals surface area contributed by atoms with Crippen LogP contribution in [-0.2, 0) is 11.0 Å². The lowest BCUT2D eigenvalue weighted by molar-refractivity contribution is -0.656. The molecule has 0 heterocycles. The molecular weight excluding hydrogens is 329 g/mol. The zero-order valence-electron chi connectivity index (χ0n) is 12.2. The molecule has 0 bridgehead atoms. The van der Waals surface area contributed by atoms with E-state index in [9.17, 15) is 18.0 Å². The normalized spacial score (nSPS) is 12.7. The summed E-state index contributed by atoms with van der Waals surface area (Å²) >= 11 is 5.89. The molecule has 0 saturated carbocycles. The fourth-order valence-corrected chi connectivity index (χ4v) is 2.33. The minimum absolute atomic E-state index is 0.0502. The smallest absolute Gasteiger partial charge is 0.335 e. The molecule has 0 aliphatic heterocycles. The van der Waals surface area contributed by atoms with Crippen LogP contribution in [0.15, 0.2) is 48.5 Å². The van der Waals surface area contributed by atoms with E-state index in [2.05, 4.69) is 5.32 Å². The number of anilines is 1. The van der Waals surface area contributed by atoms with Crippen molar-refractivity contribution >= 4 is 23.2 Å². The van der Waals surface area contributed by atoms with Crippen molar-refractivity contribution in [2.75, 3.05) is 12.4 Å². The number of amides is 1. The molecule has 3 nitrogen and oxygen atoms in total. The molecule has 2 aromatic rings. The SMILES string of the molecule is C[NH2+][C@H](C(=O)Nc1cc(C(F)(F)F)ccc1Cl)c1ccccc1. The summed E-state index contributed by atoms with van der Waals surface area (Å²) in [5.41, 5.74) is -0.182. The van der Waals surface area contributed by atoms with Crippen molar-refractivity contribution < 1.29 is 23.3 Å². The van der Waals surface area contributed by atoms with Gasteiger partial charge in [-0.25, -0.2) is 0 Å². The Morgan fingerprint density at radius 1 is 1.17 bits per heavy atom. The Morgan fingerprint density at radius 3 is 2.39 bits per heavy atom. The first kappa shape index (κ1) is 17.3. The predicted molar refractivity (Wildman–Crippen MR) is 82.1 cm³/mol. The van der Waals surface area contributed by atoms with Gasteiger partial charge in [-0.2, -0.15) is 13.2 Å². The van der Waals surface area contributed by atoms with E-state index in [1.165, 1.54) is 0 Å². The van der Waals surface area contributed by atoms with Crippen LogP contribution in [0, 0.1) is 0 Å². The molecule has 7 heteroatoms. The van der Waals surface area contributed by atoms with Gasteiger partial charge in [0.2, 0.25) is 0 Å². The van der Waals surface area contributed by atoms with Gasteiger partial charge in [-0.1, -0.05) is 41.9 Å². The molecule has 2 aromatic carbocycles. The maximum Gasteiger partial charge on any atom is 0.416 e. The molecule has 0 aromatic heterocycles. The molecule has 3 N–H and O–H groups in total. The van der Waals surface area contributed by atoms with Crippen LogP contribution in [0.25, 0.3) is 0 Å². The first-order valence-electron chi connectivity index (χ1n) is 6.85. The summed E-state index contributed by atoms with van der Waals surface area (Å²) in [7, 11) is 1.71. The molecule has 2 rings (SSSR count). The summed E-state index contributed by atoms with van der Waals surface area (Å²) < 4.78 is 38.3. The highest BCUT2D eigenvalue weighted by Gasteiger charge is 2.31. The third-order valence-electron chi connectivity index (χ3n) is 3.33. The van der Waals surface area contributed by atoms with Crippen LogP contribution in [0.4, 0.5) is 18.9 Å². The molecule has 0 radical (unpaired) electrons. The van der Waals surface area contributed by atoms with Gasteiger partial charge in [-0.15, -0.1) is 0 Å². The Morgan fingerprint density at radius 2 is 1.83 bits per heavy atom. The van der Waals surface area contributed by atoms with Gasteiger partial charge >= 0.3 is 6.18 Å². The van der Waals surface area contributed by atoms with Gasteiger partial charge < -0.3 is 10.6 Å². The molecule has 0 unspecified atom stereocenters. The minimum atomic E-state index is -4.50. The van der Waals surface area contributed by atoms with E-state index in [4.69, 9.17) is 11.6 Å². The number of benzene rings is 2. The van der Waals surface area contributed by atoms with Crippen LogP contribution in [0.1, 0.15) is 17.2 Å². The summed E-state index contributed by atoms with van der Waals surface area (Å²) in [6.07, 6.45) is -4.50. The number of hydrogen-bond donors (Lipinski definition) is 2. The van der Waals surface area contributed by atoms with E-state index in [1.54, 1.807) is 36.6 Å². The van der Waals surface area contributed by atoms with Gasteiger partial charge in [0.1, 0.15) is 0 Å². The Kier molecular flexibility index (Phi) is 5.28. The highest BCUT2D eigenvalue weighted by molar-refractivity contribution is 6.33. The number of halogens is 4. The van der Waals surface area contributed by atoms with Crippen LogP contribution >= 0.6 is 11.6 Å². The van der Waals surface area contributed by atoms with E-state index < -0.39 is 23.7 Å². The number of hydrogen-bond acceptors (Lipinski definition) is 1. The quantitative estimate of drug-likeness (QED) is 0.879. The molecule has 0 aliphatic carbocycles. The second-order valence-corrected chi connectivity index (χ2v) is 5.31. The molecule has 23 heavy (non-hydrogen) atoms. The number of carbonyl (C=O) groups excluding carboxylic acids is 1. The van der Waals surface area contributed by atoms with E-state index in [0.717, 1.165) is 23.8 Å². The zero-order valence-corrected chi connectivity index (χ0v) is 12.9. The summed E-state index contributed by atoms with van der Waals surface area (Å²) in [5.74, 6) is -0.445. The number of nitrogens with two attached hydrogens (primary N) is 1. The first-order valence-corrected chi connectivity index (χ1v) is 7.22. The molecule has 0 saturated heterocycles. The number of nitrogens with one attached hydrogen (secondary N) is 1. The fourth-order valence-electron chi connectivity index (χ4n) is 2.16. The van der Waals surface area contributed by atoms with Crippen LogP contribution in [0.2, 0.25) is 5.02 Å².